The number of nitrogens with two attached hydrogens (primary N) is 1. The highest BCUT2D eigenvalue weighted by Crippen LogP contribution is 2.32. The highest BCUT2D eigenvalue weighted by atomic mass is 16.3. The Kier molecular flexibility index (Phi) is 3.29. The van der Waals surface area contributed by atoms with Crippen molar-refractivity contribution in [2.24, 2.45) is 0 Å². The number of likely N-dealkylation sites (N-methyl/N-ethyl adjacent to an activating group) is 1. The van der Waals surface area contributed by atoms with Crippen molar-refractivity contribution in [3.8, 4) is 0 Å². The summed E-state index contributed by atoms with van der Waals surface area (Å²) in [5.41, 5.74) is 8.45. The van der Waals surface area contributed by atoms with Gasteiger partial charge in [-0.1, -0.05) is 18.9 Å². The Labute approximate surface area is 103 Å². The lowest BCUT2D eigenvalue weighted by Crippen LogP contribution is -2.39. The largest absolute Gasteiger partial charge is 0.397 e. The van der Waals surface area contributed by atoms with Gasteiger partial charge in [0.05, 0.1) is 17.0 Å². The molecule has 1 aliphatic carbocycles. The monoisotopic (exact) mass is 234 g/mol. The second-order valence-corrected chi connectivity index (χ2v) is 5.35. The van der Waals surface area contributed by atoms with Crippen LogP contribution in [0.5, 0.6) is 0 Å². The molecule has 1 fully saturated rings. The molecule has 3 N–H and O–H groups in total. The van der Waals surface area contributed by atoms with Gasteiger partial charge in [0, 0.05) is 13.6 Å². The summed E-state index contributed by atoms with van der Waals surface area (Å²) in [4.78, 5) is 2.08. The number of benzene rings is 1. The molecule has 1 aliphatic rings. The fourth-order valence-corrected chi connectivity index (χ4v) is 2.70. The molecule has 0 bridgehead atoms. The van der Waals surface area contributed by atoms with E-state index in [1.54, 1.807) is 0 Å². The van der Waals surface area contributed by atoms with Crippen molar-refractivity contribution in [3.63, 3.8) is 0 Å². The Bertz CT molecular complexity index is 397. The highest BCUT2D eigenvalue weighted by molar-refractivity contribution is 5.68. The van der Waals surface area contributed by atoms with Crippen molar-refractivity contribution >= 4 is 11.4 Å². The molecular weight excluding hydrogens is 212 g/mol. The topological polar surface area (TPSA) is 49.5 Å². The van der Waals surface area contributed by atoms with E-state index in [4.69, 9.17) is 5.73 Å². The van der Waals surface area contributed by atoms with E-state index in [-0.39, 0.29) is 0 Å². The summed E-state index contributed by atoms with van der Waals surface area (Å²) >= 11 is 0. The van der Waals surface area contributed by atoms with Gasteiger partial charge in [-0.15, -0.1) is 0 Å². The molecule has 0 aromatic heterocycles. The first-order valence-corrected chi connectivity index (χ1v) is 6.30. The molecule has 0 saturated heterocycles. The number of anilines is 2. The molecule has 1 aromatic rings. The SMILES string of the molecule is Cc1ccc(N)c(N(C)CC2(O)CCCC2)c1. The Balaban J connectivity index is 2.13. The number of aliphatic hydroxyl groups is 1. The molecule has 0 heterocycles. The number of hydrogen-bond acceptors (Lipinski definition) is 3. The van der Waals surface area contributed by atoms with Crippen molar-refractivity contribution < 1.29 is 5.11 Å². The number of nitrogen functional groups attached to an aromatic ring is 1. The second-order valence-electron chi connectivity index (χ2n) is 5.35. The lowest BCUT2D eigenvalue weighted by Gasteiger charge is -2.30. The van der Waals surface area contributed by atoms with Gasteiger partial charge in [0.1, 0.15) is 0 Å². The Morgan fingerprint density at radius 1 is 1.35 bits per heavy atom. The number of hydrogen-bond donors (Lipinski definition) is 2. The normalized spacial score (nSPS) is 18.3. The van der Waals surface area contributed by atoms with Crippen LogP contribution in [0.25, 0.3) is 0 Å². The quantitative estimate of drug-likeness (QED) is 0.789. The lowest BCUT2D eigenvalue weighted by atomic mass is 10.0. The molecule has 3 nitrogen and oxygen atoms in total. The molecule has 1 aromatic carbocycles. The molecule has 0 unspecified atom stereocenters. The van der Waals surface area contributed by atoms with Crippen LogP contribution < -0.4 is 10.6 Å². The van der Waals surface area contributed by atoms with Crippen molar-refractivity contribution in [2.75, 3.05) is 24.2 Å². The smallest absolute Gasteiger partial charge is 0.0821 e. The van der Waals surface area contributed by atoms with Crippen LogP contribution in [0.2, 0.25) is 0 Å². The van der Waals surface area contributed by atoms with Crippen LogP contribution in [-0.2, 0) is 0 Å². The molecule has 1 saturated carbocycles. The summed E-state index contributed by atoms with van der Waals surface area (Å²) in [5, 5.41) is 10.4. The fourth-order valence-electron chi connectivity index (χ4n) is 2.70. The van der Waals surface area contributed by atoms with E-state index in [1.807, 2.05) is 19.2 Å². The minimum Gasteiger partial charge on any atom is -0.397 e. The van der Waals surface area contributed by atoms with Crippen LogP contribution in [0.3, 0.4) is 0 Å². The molecule has 94 valence electrons. The molecule has 0 spiro atoms. The van der Waals surface area contributed by atoms with E-state index < -0.39 is 5.60 Å². The standard InChI is InChI=1S/C14H22N2O/c1-11-5-6-12(15)13(9-11)16(2)10-14(17)7-3-4-8-14/h5-6,9,17H,3-4,7-8,10,15H2,1-2H3. The van der Waals surface area contributed by atoms with Crippen LogP contribution in [0.1, 0.15) is 31.2 Å². The predicted octanol–water partition coefficient (Wildman–Crippen LogP) is 2.32. The van der Waals surface area contributed by atoms with Gasteiger partial charge in [-0.25, -0.2) is 0 Å². The van der Waals surface area contributed by atoms with E-state index in [0.29, 0.717) is 6.54 Å². The van der Waals surface area contributed by atoms with Gasteiger partial charge >= 0.3 is 0 Å². The Morgan fingerprint density at radius 3 is 2.65 bits per heavy atom. The number of rotatable bonds is 3. The summed E-state index contributed by atoms with van der Waals surface area (Å²) in [6.07, 6.45) is 4.08. The zero-order chi connectivity index (χ0) is 12.5. The minimum absolute atomic E-state index is 0.523. The van der Waals surface area contributed by atoms with E-state index in [9.17, 15) is 5.11 Å². The second kappa shape index (κ2) is 4.57. The van der Waals surface area contributed by atoms with E-state index >= 15 is 0 Å². The zero-order valence-corrected chi connectivity index (χ0v) is 10.7. The molecule has 0 atom stereocenters. The average Bonchev–Trinajstić information content (AvgIpc) is 2.68. The Morgan fingerprint density at radius 2 is 2.00 bits per heavy atom. The van der Waals surface area contributed by atoms with Crippen LogP contribution >= 0.6 is 0 Å². The maximum atomic E-state index is 10.4. The number of aryl methyl sites for hydroxylation is 1. The summed E-state index contributed by atoms with van der Waals surface area (Å²) < 4.78 is 0. The molecule has 2 rings (SSSR count). The van der Waals surface area contributed by atoms with Crippen LogP contribution in [0, 0.1) is 6.92 Å². The van der Waals surface area contributed by atoms with Gasteiger partial charge in [-0.2, -0.15) is 0 Å². The van der Waals surface area contributed by atoms with Crippen molar-refractivity contribution in [1.29, 1.82) is 0 Å². The Hall–Kier alpha value is -1.22. The van der Waals surface area contributed by atoms with Crippen molar-refractivity contribution in [3.05, 3.63) is 23.8 Å². The summed E-state index contributed by atoms with van der Waals surface area (Å²) in [5.74, 6) is 0. The predicted molar refractivity (Wildman–Crippen MR) is 72.3 cm³/mol. The van der Waals surface area contributed by atoms with Crippen LogP contribution in [0.15, 0.2) is 18.2 Å². The van der Waals surface area contributed by atoms with Gasteiger partial charge < -0.3 is 15.7 Å². The lowest BCUT2D eigenvalue weighted by molar-refractivity contribution is 0.0559. The third-order valence-electron chi connectivity index (χ3n) is 3.66. The van der Waals surface area contributed by atoms with Gasteiger partial charge in [0.2, 0.25) is 0 Å². The maximum absolute atomic E-state index is 10.4. The first-order valence-electron chi connectivity index (χ1n) is 6.30. The maximum Gasteiger partial charge on any atom is 0.0821 e. The molecular formula is C14H22N2O. The molecule has 3 heteroatoms. The summed E-state index contributed by atoms with van der Waals surface area (Å²) in [6.45, 7) is 2.72. The van der Waals surface area contributed by atoms with Gasteiger partial charge in [-0.05, 0) is 37.5 Å². The van der Waals surface area contributed by atoms with Crippen LogP contribution in [-0.4, -0.2) is 24.3 Å². The van der Waals surface area contributed by atoms with E-state index in [1.165, 1.54) is 5.56 Å². The van der Waals surface area contributed by atoms with Gasteiger partial charge in [-0.3, -0.25) is 0 Å². The van der Waals surface area contributed by atoms with Crippen molar-refractivity contribution in [1.82, 2.24) is 0 Å². The van der Waals surface area contributed by atoms with E-state index in [0.717, 1.165) is 37.1 Å². The third kappa shape index (κ3) is 2.72. The minimum atomic E-state index is -0.523. The van der Waals surface area contributed by atoms with Crippen molar-refractivity contribution in [2.45, 2.75) is 38.2 Å². The molecule has 0 radical (unpaired) electrons. The fraction of sp³-hybridized carbons (Fsp3) is 0.571. The highest BCUT2D eigenvalue weighted by Gasteiger charge is 2.32. The first-order chi connectivity index (χ1) is 8.00. The number of nitrogens with zero attached hydrogens (tertiary/aromatic N) is 1. The van der Waals surface area contributed by atoms with Crippen LogP contribution in [0.4, 0.5) is 11.4 Å². The van der Waals surface area contributed by atoms with E-state index in [2.05, 4.69) is 17.9 Å². The molecule has 0 aliphatic heterocycles. The third-order valence-corrected chi connectivity index (χ3v) is 3.66. The van der Waals surface area contributed by atoms with Gasteiger partial charge in [0.25, 0.3) is 0 Å². The summed E-state index contributed by atoms with van der Waals surface area (Å²) in [6, 6.07) is 6.02. The average molecular weight is 234 g/mol. The molecule has 17 heavy (non-hydrogen) atoms. The summed E-state index contributed by atoms with van der Waals surface area (Å²) in [7, 11) is 2.00. The zero-order valence-electron chi connectivity index (χ0n) is 10.7. The van der Waals surface area contributed by atoms with Gasteiger partial charge in [0.15, 0.2) is 0 Å². The molecule has 0 amide bonds. The first kappa shape index (κ1) is 12.2.